The summed E-state index contributed by atoms with van der Waals surface area (Å²) in [6, 6.07) is -0.270. The van der Waals surface area contributed by atoms with E-state index >= 15 is 0 Å². The third-order valence-corrected chi connectivity index (χ3v) is 5.98. The molecule has 1 aliphatic heterocycles. The minimum Gasteiger partial charge on any atom is -0.268 e. The lowest BCUT2D eigenvalue weighted by atomic mass is 9.98. The maximum absolute atomic E-state index is 12.0. The van der Waals surface area contributed by atoms with Gasteiger partial charge in [-0.25, -0.2) is 12.7 Å². The summed E-state index contributed by atoms with van der Waals surface area (Å²) in [7, 11) is -3.56. The van der Waals surface area contributed by atoms with Gasteiger partial charge in [0.2, 0.25) is 0 Å². The van der Waals surface area contributed by atoms with Crippen molar-refractivity contribution < 1.29 is 13.2 Å². The summed E-state index contributed by atoms with van der Waals surface area (Å²) in [5.74, 6) is -0.139. The van der Waals surface area contributed by atoms with E-state index in [2.05, 4.69) is 0 Å². The Hall–Kier alpha value is -0.550. The molecule has 0 saturated heterocycles. The zero-order valence-corrected chi connectivity index (χ0v) is 9.51. The molecular formula is C9H10ClNO3S. The van der Waals surface area contributed by atoms with Crippen molar-refractivity contribution in [1.82, 2.24) is 4.31 Å². The van der Waals surface area contributed by atoms with Crippen molar-refractivity contribution in [1.29, 1.82) is 0 Å². The van der Waals surface area contributed by atoms with Gasteiger partial charge in [-0.3, -0.25) is 4.79 Å². The molecule has 3 aliphatic rings. The Morgan fingerprint density at radius 3 is 2.60 bits per heavy atom. The SMILES string of the molecule is O=C1C2=C(C3CCC2C3)S(=O)(=O)N1CCl. The van der Waals surface area contributed by atoms with Crippen LogP contribution in [0.15, 0.2) is 10.5 Å². The molecule has 2 bridgehead atoms. The Bertz CT molecular complexity index is 482. The van der Waals surface area contributed by atoms with Crippen molar-refractivity contribution in [3.8, 4) is 0 Å². The van der Waals surface area contributed by atoms with Gasteiger partial charge in [0.05, 0.1) is 4.91 Å². The summed E-state index contributed by atoms with van der Waals surface area (Å²) in [6.07, 6.45) is 2.68. The van der Waals surface area contributed by atoms with E-state index in [9.17, 15) is 13.2 Å². The standard InChI is InChI=1S/C9H10ClNO3S/c10-4-11-9(12)7-5-1-2-6(3-5)8(7)15(11,13)14/h5-6H,1-4H2. The Labute approximate surface area is 92.9 Å². The molecule has 1 fully saturated rings. The van der Waals surface area contributed by atoms with Crippen LogP contribution in [0.1, 0.15) is 19.3 Å². The van der Waals surface area contributed by atoms with E-state index in [1.54, 1.807) is 0 Å². The lowest BCUT2D eigenvalue weighted by molar-refractivity contribution is -0.122. The Morgan fingerprint density at radius 2 is 2.00 bits per heavy atom. The van der Waals surface area contributed by atoms with Crippen LogP contribution in [0.5, 0.6) is 0 Å². The topological polar surface area (TPSA) is 54.5 Å². The second-order valence-electron chi connectivity index (χ2n) is 4.26. The molecule has 0 aromatic rings. The molecule has 4 nitrogen and oxygen atoms in total. The molecule has 0 N–H and O–H groups in total. The maximum Gasteiger partial charge on any atom is 0.266 e. The van der Waals surface area contributed by atoms with Crippen LogP contribution < -0.4 is 0 Å². The van der Waals surface area contributed by atoms with Crippen LogP contribution in [0.4, 0.5) is 0 Å². The first kappa shape index (κ1) is 9.66. The highest BCUT2D eigenvalue weighted by Gasteiger charge is 2.55. The van der Waals surface area contributed by atoms with E-state index in [1.807, 2.05) is 0 Å². The Morgan fingerprint density at radius 1 is 1.33 bits per heavy atom. The molecule has 2 unspecified atom stereocenters. The number of alkyl halides is 1. The number of carbonyl (C=O) groups excluding carboxylic acids is 1. The largest absolute Gasteiger partial charge is 0.268 e. The molecular weight excluding hydrogens is 238 g/mol. The van der Waals surface area contributed by atoms with Crippen LogP contribution in [0.2, 0.25) is 0 Å². The fourth-order valence-corrected chi connectivity index (χ4v) is 5.36. The van der Waals surface area contributed by atoms with Crippen LogP contribution in [-0.2, 0) is 14.8 Å². The van der Waals surface area contributed by atoms with E-state index in [-0.39, 0.29) is 23.7 Å². The molecule has 0 aromatic carbocycles. The summed E-state index contributed by atoms with van der Waals surface area (Å²) >= 11 is 5.51. The van der Waals surface area contributed by atoms with Crippen molar-refractivity contribution in [2.24, 2.45) is 11.8 Å². The van der Waals surface area contributed by atoms with Gasteiger partial charge >= 0.3 is 0 Å². The van der Waals surface area contributed by atoms with Gasteiger partial charge in [-0.15, -0.1) is 11.6 Å². The molecule has 0 aromatic heterocycles. The maximum atomic E-state index is 12.0. The lowest BCUT2D eigenvalue weighted by Crippen LogP contribution is -2.32. The second-order valence-corrected chi connectivity index (χ2v) is 6.33. The summed E-state index contributed by atoms with van der Waals surface area (Å²) in [5.41, 5.74) is 0.534. The van der Waals surface area contributed by atoms with E-state index in [4.69, 9.17) is 11.6 Å². The number of hydrogen-bond donors (Lipinski definition) is 0. The lowest BCUT2D eigenvalue weighted by Gasteiger charge is -2.15. The second kappa shape index (κ2) is 2.77. The number of rotatable bonds is 1. The number of fused-ring (bicyclic) bond motifs is 4. The van der Waals surface area contributed by atoms with Crippen LogP contribution in [0.3, 0.4) is 0 Å². The van der Waals surface area contributed by atoms with Crippen molar-refractivity contribution >= 4 is 27.5 Å². The predicted octanol–water partition coefficient (Wildman–Crippen LogP) is 1.04. The highest BCUT2D eigenvalue weighted by Crippen LogP contribution is 2.54. The van der Waals surface area contributed by atoms with Crippen molar-refractivity contribution in [3.63, 3.8) is 0 Å². The van der Waals surface area contributed by atoms with Gasteiger partial charge in [0, 0.05) is 5.57 Å². The summed E-state index contributed by atoms with van der Waals surface area (Å²) in [5, 5.41) is 0. The van der Waals surface area contributed by atoms with Crippen molar-refractivity contribution in [2.75, 3.05) is 6.00 Å². The van der Waals surface area contributed by atoms with Gasteiger partial charge in [-0.1, -0.05) is 0 Å². The molecule has 1 heterocycles. The fourth-order valence-electron chi connectivity index (χ4n) is 3.01. The van der Waals surface area contributed by atoms with E-state index in [1.165, 1.54) is 0 Å². The minimum absolute atomic E-state index is 0.0761. The van der Waals surface area contributed by atoms with Crippen LogP contribution in [0.25, 0.3) is 0 Å². The van der Waals surface area contributed by atoms with Gasteiger partial charge in [0.25, 0.3) is 15.9 Å². The molecule has 1 amide bonds. The molecule has 15 heavy (non-hydrogen) atoms. The van der Waals surface area contributed by atoms with Crippen LogP contribution >= 0.6 is 11.6 Å². The zero-order valence-electron chi connectivity index (χ0n) is 7.94. The number of carbonyl (C=O) groups is 1. The summed E-state index contributed by atoms with van der Waals surface area (Å²) in [4.78, 5) is 12.2. The Balaban J connectivity index is 2.20. The molecule has 0 spiro atoms. The van der Waals surface area contributed by atoms with Gasteiger partial charge < -0.3 is 0 Å². The van der Waals surface area contributed by atoms with E-state index < -0.39 is 10.0 Å². The van der Waals surface area contributed by atoms with Gasteiger partial charge in [-0.2, -0.15) is 0 Å². The number of halogens is 1. The first-order valence-electron chi connectivity index (χ1n) is 4.94. The minimum atomic E-state index is -3.56. The van der Waals surface area contributed by atoms with Crippen LogP contribution in [0, 0.1) is 11.8 Å². The highest BCUT2D eigenvalue weighted by atomic mass is 35.5. The average Bonchev–Trinajstić information content (AvgIpc) is 2.79. The van der Waals surface area contributed by atoms with Gasteiger partial charge in [0.1, 0.15) is 6.00 Å². The third-order valence-electron chi connectivity index (χ3n) is 3.61. The monoisotopic (exact) mass is 247 g/mol. The van der Waals surface area contributed by atoms with Crippen molar-refractivity contribution in [3.05, 3.63) is 10.5 Å². The molecule has 3 rings (SSSR count). The predicted molar refractivity (Wildman–Crippen MR) is 54.3 cm³/mol. The number of allylic oxidation sites excluding steroid dienone is 1. The normalized spacial score (nSPS) is 36.6. The quantitative estimate of drug-likeness (QED) is 0.514. The van der Waals surface area contributed by atoms with E-state index in [0.717, 1.165) is 23.6 Å². The molecule has 1 saturated carbocycles. The number of amides is 1. The molecule has 2 atom stereocenters. The van der Waals surface area contributed by atoms with E-state index in [0.29, 0.717) is 10.5 Å². The van der Waals surface area contributed by atoms with Gasteiger partial charge in [-0.05, 0) is 31.1 Å². The number of nitrogens with zero attached hydrogens (tertiary/aromatic N) is 1. The van der Waals surface area contributed by atoms with Crippen LogP contribution in [-0.4, -0.2) is 24.6 Å². The highest BCUT2D eigenvalue weighted by molar-refractivity contribution is 7.94. The fraction of sp³-hybridized carbons (Fsp3) is 0.667. The number of hydrogen-bond acceptors (Lipinski definition) is 3. The van der Waals surface area contributed by atoms with Crippen molar-refractivity contribution in [2.45, 2.75) is 19.3 Å². The molecule has 2 aliphatic carbocycles. The molecule has 6 heteroatoms. The average molecular weight is 248 g/mol. The molecule has 82 valence electrons. The first-order valence-corrected chi connectivity index (χ1v) is 6.92. The summed E-state index contributed by atoms with van der Waals surface area (Å²) < 4.78 is 24.7. The number of sulfonamides is 1. The summed E-state index contributed by atoms with van der Waals surface area (Å²) in [6.45, 7) is 0. The third kappa shape index (κ3) is 0.979. The molecule has 0 radical (unpaired) electrons. The Kier molecular flexibility index (Phi) is 1.78. The zero-order chi connectivity index (χ0) is 10.8. The smallest absolute Gasteiger partial charge is 0.266 e. The van der Waals surface area contributed by atoms with Gasteiger partial charge in [0.15, 0.2) is 0 Å². The first-order chi connectivity index (χ1) is 7.07.